The Morgan fingerprint density at radius 1 is 1.56 bits per heavy atom. The molecule has 0 fully saturated rings. The van der Waals surface area contributed by atoms with Crippen LogP contribution in [0.5, 0.6) is 0 Å². The summed E-state index contributed by atoms with van der Waals surface area (Å²) in [5, 5.41) is 12.0. The lowest BCUT2D eigenvalue weighted by Crippen LogP contribution is -2.36. The molecular formula is C10H13ClN2O3. The van der Waals surface area contributed by atoms with Crippen LogP contribution in [-0.2, 0) is 11.3 Å². The highest BCUT2D eigenvalue weighted by atomic mass is 35.5. The van der Waals surface area contributed by atoms with Gasteiger partial charge in [0, 0.05) is 18.8 Å². The van der Waals surface area contributed by atoms with E-state index in [9.17, 15) is 14.7 Å². The van der Waals surface area contributed by atoms with E-state index < -0.39 is 6.10 Å². The molecule has 0 aliphatic carbocycles. The number of hydrogen-bond acceptors (Lipinski definition) is 3. The molecule has 6 heteroatoms. The number of carbonyl (C=O) groups is 1. The zero-order chi connectivity index (χ0) is 12.0. The molecule has 0 aliphatic heterocycles. The van der Waals surface area contributed by atoms with E-state index in [4.69, 9.17) is 11.6 Å². The van der Waals surface area contributed by atoms with Crippen molar-refractivity contribution < 1.29 is 9.90 Å². The van der Waals surface area contributed by atoms with Crippen molar-refractivity contribution in [2.75, 3.05) is 12.4 Å². The molecule has 0 bridgehead atoms. The maximum absolute atomic E-state index is 11.3. The molecule has 0 saturated heterocycles. The molecule has 1 heterocycles. The van der Waals surface area contributed by atoms with Crippen LogP contribution < -0.4 is 10.9 Å². The second-order valence-electron chi connectivity index (χ2n) is 3.28. The van der Waals surface area contributed by atoms with Crippen molar-refractivity contribution in [3.8, 4) is 0 Å². The van der Waals surface area contributed by atoms with Crippen LogP contribution in [0.1, 0.15) is 0 Å². The molecule has 1 aromatic rings. The molecule has 1 unspecified atom stereocenters. The zero-order valence-corrected chi connectivity index (χ0v) is 9.35. The molecule has 1 aromatic heterocycles. The van der Waals surface area contributed by atoms with Crippen molar-refractivity contribution in [3.05, 3.63) is 34.7 Å². The molecular weight excluding hydrogens is 232 g/mol. The van der Waals surface area contributed by atoms with Crippen LogP contribution in [0.15, 0.2) is 29.2 Å². The van der Waals surface area contributed by atoms with Crippen molar-refractivity contribution in [1.82, 2.24) is 9.88 Å². The SMILES string of the molecule is O=C(CCl)NCC(O)Cn1ccccc1=O. The summed E-state index contributed by atoms with van der Waals surface area (Å²) in [6, 6.07) is 4.73. The molecule has 1 atom stereocenters. The van der Waals surface area contributed by atoms with Crippen LogP contribution in [0.25, 0.3) is 0 Å². The van der Waals surface area contributed by atoms with Gasteiger partial charge in [0.05, 0.1) is 12.6 Å². The highest BCUT2D eigenvalue weighted by Crippen LogP contribution is 1.88. The Kier molecular flexibility index (Phi) is 5.01. The van der Waals surface area contributed by atoms with E-state index >= 15 is 0 Å². The van der Waals surface area contributed by atoms with E-state index in [1.165, 1.54) is 10.6 Å². The predicted octanol–water partition coefficient (Wildman–Crippen LogP) is -0.436. The van der Waals surface area contributed by atoms with E-state index in [1.54, 1.807) is 18.3 Å². The number of aliphatic hydroxyl groups is 1. The fourth-order valence-electron chi connectivity index (χ4n) is 1.18. The Hall–Kier alpha value is -1.33. The van der Waals surface area contributed by atoms with Gasteiger partial charge in [0.15, 0.2) is 0 Å². The highest BCUT2D eigenvalue weighted by molar-refractivity contribution is 6.27. The number of aromatic nitrogens is 1. The van der Waals surface area contributed by atoms with Crippen molar-refractivity contribution in [2.45, 2.75) is 12.6 Å². The van der Waals surface area contributed by atoms with Crippen molar-refractivity contribution >= 4 is 17.5 Å². The third-order valence-corrected chi connectivity index (χ3v) is 2.21. The number of nitrogens with zero attached hydrogens (tertiary/aromatic N) is 1. The van der Waals surface area contributed by atoms with Gasteiger partial charge in [0.25, 0.3) is 5.56 Å². The molecule has 0 saturated carbocycles. The van der Waals surface area contributed by atoms with Gasteiger partial charge in [-0.3, -0.25) is 9.59 Å². The average Bonchev–Trinajstić information content (AvgIpc) is 2.29. The number of alkyl halides is 1. The first-order valence-corrected chi connectivity index (χ1v) is 5.33. The molecule has 5 nitrogen and oxygen atoms in total. The van der Waals surface area contributed by atoms with Gasteiger partial charge in [-0.2, -0.15) is 0 Å². The quantitative estimate of drug-likeness (QED) is 0.690. The van der Waals surface area contributed by atoms with Gasteiger partial charge in [0.1, 0.15) is 5.88 Å². The summed E-state index contributed by atoms with van der Waals surface area (Å²) in [5.41, 5.74) is -0.190. The number of carbonyl (C=O) groups excluding carboxylic acids is 1. The van der Waals surface area contributed by atoms with E-state index in [1.807, 2.05) is 0 Å². The fourth-order valence-corrected chi connectivity index (χ4v) is 1.28. The summed E-state index contributed by atoms with van der Waals surface area (Å²) in [5.74, 6) is -0.487. The first kappa shape index (κ1) is 12.7. The summed E-state index contributed by atoms with van der Waals surface area (Å²) in [6.45, 7) is 0.217. The number of pyridine rings is 1. The minimum absolute atomic E-state index is 0.0763. The number of hydrogen-bond donors (Lipinski definition) is 2. The standard InChI is InChI=1S/C10H13ClN2O3/c11-5-9(15)12-6-8(14)7-13-4-2-1-3-10(13)16/h1-4,8,14H,5-7H2,(H,12,15). The summed E-state index contributed by atoms with van der Waals surface area (Å²) in [6.07, 6.45) is 0.766. The van der Waals surface area contributed by atoms with Crippen molar-refractivity contribution in [2.24, 2.45) is 0 Å². The molecule has 2 N–H and O–H groups in total. The number of amides is 1. The van der Waals surface area contributed by atoms with Gasteiger partial charge in [-0.15, -0.1) is 11.6 Å². The number of nitrogens with one attached hydrogen (secondary N) is 1. The van der Waals surface area contributed by atoms with E-state index in [-0.39, 0.29) is 30.4 Å². The van der Waals surface area contributed by atoms with E-state index in [0.717, 1.165) is 0 Å². The number of aliphatic hydroxyl groups excluding tert-OH is 1. The largest absolute Gasteiger partial charge is 0.389 e. The fraction of sp³-hybridized carbons (Fsp3) is 0.400. The van der Waals surface area contributed by atoms with E-state index in [0.29, 0.717) is 0 Å². The summed E-state index contributed by atoms with van der Waals surface area (Å²) in [4.78, 5) is 22.1. The molecule has 0 radical (unpaired) electrons. The first-order chi connectivity index (χ1) is 7.63. The maximum Gasteiger partial charge on any atom is 0.250 e. The molecule has 16 heavy (non-hydrogen) atoms. The second-order valence-corrected chi connectivity index (χ2v) is 3.55. The molecule has 1 rings (SSSR count). The molecule has 0 aliphatic rings. The van der Waals surface area contributed by atoms with Gasteiger partial charge < -0.3 is 15.0 Å². The van der Waals surface area contributed by atoms with Crippen LogP contribution in [0.3, 0.4) is 0 Å². The molecule has 0 aromatic carbocycles. The number of halogens is 1. The lowest BCUT2D eigenvalue weighted by Gasteiger charge is -2.12. The van der Waals surface area contributed by atoms with Crippen molar-refractivity contribution in [3.63, 3.8) is 0 Å². The van der Waals surface area contributed by atoms with Crippen LogP contribution >= 0.6 is 11.6 Å². The Morgan fingerprint density at radius 3 is 2.94 bits per heavy atom. The molecule has 1 amide bonds. The van der Waals surface area contributed by atoms with Crippen LogP contribution in [0.4, 0.5) is 0 Å². The van der Waals surface area contributed by atoms with E-state index in [2.05, 4.69) is 5.32 Å². The van der Waals surface area contributed by atoms with Gasteiger partial charge >= 0.3 is 0 Å². The summed E-state index contributed by atoms with van der Waals surface area (Å²) >= 11 is 5.27. The van der Waals surface area contributed by atoms with Gasteiger partial charge in [-0.1, -0.05) is 6.07 Å². The average molecular weight is 245 g/mol. The summed E-state index contributed by atoms with van der Waals surface area (Å²) < 4.78 is 1.37. The smallest absolute Gasteiger partial charge is 0.250 e. The summed E-state index contributed by atoms with van der Waals surface area (Å²) in [7, 11) is 0. The van der Waals surface area contributed by atoms with Crippen LogP contribution in [0, 0.1) is 0 Å². The third kappa shape index (κ3) is 4.04. The Balaban J connectivity index is 2.46. The topological polar surface area (TPSA) is 71.3 Å². The monoisotopic (exact) mass is 244 g/mol. The maximum atomic E-state index is 11.3. The number of rotatable bonds is 5. The van der Waals surface area contributed by atoms with Gasteiger partial charge in [-0.05, 0) is 6.07 Å². The minimum atomic E-state index is -0.813. The minimum Gasteiger partial charge on any atom is -0.389 e. The zero-order valence-electron chi connectivity index (χ0n) is 8.60. The Labute approximate surface area is 97.7 Å². The predicted molar refractivity (Wildman–Crippen MR) is 60.4 cm³/mol. The highest BCUT2D eigenvalue weighted by Gasteiger charge is 2.07. The molecule has 0 spiro atoms. The lowest BCUT2D eigenvalue weighted by atomic mass is 10.3. The second kappa shape index (κ2) is 6.30. The Bertz CT molecular complexity index is 405. The first-order valence-electron chi connectivity index (χ1n) is 4.79. The van der Waals surface area contributed by atoms with Crippen LogP contribution in [-0.4, -0.2) is 34.1 Å². The van der Waals surface area contributed by atoms with Gasteiger partial charge in [0.2, 0.25) is 5.91 Å². The Morgan fingerprint density at radius 2 is 2.31 bits per heavy atom. The van der Waals surface area contributed by atoms with Gasteiger partial charge in [-0.25, -0.2) is 0 Å². The van der Waals surface area contributed by atoms with Crippen LogP contribution in [0.2, 0.25) is 0 Å². The molecule has 88 valence electrons. The lowest BCUT2D eigenvalue weighted by molar-refractivity contribution is -0.119. The van der Waals surface area contributed by atoms with Crippen molar-refractivity contribution in [1.29, 1.82) is 0 Å². The third-order valence-electron chi connectivity index (χ3n) is 1.96. The normalized spacial score (nSPS) is 12.1.